The number of pyridine rings is 1. The number of hydrogen-bond donors (Lipinski definition) is 2. The lowest BCUT2D eigenvalue weighted by Gasteiger charge is -2.17. The zero-order valence-electron chi connectivity index (χ0n) is 12.1. The summed E-state index contributed by atoms with van der Waals surface area (Å²) in [6, 6.07) is 4.20. The van der Waals surface area contributed by atoms with E-state index in [1.54, 1.807) is 19.5 Å². The Morgan fingerprint density at radius 2 is 2.20 bits per heavy atom. The SMILES string of the molecule is COc1cnccc1C(Cc1ccn(C(C)C)n1)NN. The maximum absolute atomic E-state index is 5.68. The van der Waals surface area contributed by atoms with Gasteiger partial charge in [0.15, 0.2) is 0 Å². The predicted molar refractivity (Wildman–Crippen MR) is 77.2 cm³/mol. The van der Waals surface area contributed by atoms with Gasteiger partial charge in [0, 0.05) is 30.4 Å². The average molecular weight is 275 g/mol. The third-order valence-corrected chi connectivity index (χ3v) is 3.22. The van der Waals surface area contributed by atoms with E-state index in [1.165, 1.54) is 0 Å². The van der Waals surface area contributed by atoms with Gasteiger partial charge in [0.1, 0.15) is 5.75 Å². The van der Waals surface area contributed by atoms with Crippen LogP contribution in [0.3, 0.4) is 0 Å². The van der Waals surface area contributed by atoms with Crippen LogP contribution in [0.1, 0.15) is 37.2 Å². The molecule has 2 rings (SSSR count). The molecule has 0 saturated carbocycles. The molecular weight excluding hydrogens is 254 g/mol. The first kappa shape index (κ1) is 14.5. The van der Waals surface area contributed by atoms with Gasteiger partial charge >= 0.3 is 0 Å². The second-order valence-corrected chi connectivity index (χ2v) is 4.92. The van der Waals surface area contributed by atoms with Crippen molar-refractivity contribution < 1.29 is 4.74 Å². The van der Waals surface area contributed by atoms with Crippen molar-refractivity contribution in [3.05, 3.63) is 42.0 Å². The van der Waals surface area contributed by atoms with Gasteiger partial charge in [-0.05, 0) is 26.0 Å². The molecule has 0 aliphatic carbocycles. The largest absolute Gasteiger partial charge is 0.495 e. The quantitative estimate of drug-likeness (QED) is 0.618. The molecule has 0 fully saturated rings. The van der Waals surface area contributed by atoms with Crippen molar-refractivity contribution in [3.63, 3.8) is 0 Å². The molecule has 0 amide bonds. The number of rotatable bonds is 6. The molecule has 0 aromatic carbocycles. The van der Waals surface area contributed by atoms with E-state index in [4.69, 9.17) is 10.6 Å². The molecule has 1 unspecified atom stereocenters. The number of nitrogens with one attached hydrogen (secondary N) is 1. The van der Waals surface area contributed by atoms with Crippen molar-refractivity contribution in [2.24, 2.45) is 5.84 Å². The first-order valence-electron chi connectivity index (χ1n) is 6.63. The Bertz CT molecular complexity index is 552. The van der Waals surface area contributed by atoms with Crippen LogP contribution in [0.25, 0.3) is 0 Å². The van der Waals surface area contributed by atoms with Crippen LogP contribution in [-0.4, -0.2) is 21.9 Å². The third kappa shape index (κ3) is 3.15. The van der Waals surface area contributed by atoms with Gasteiger partial charge in [-0.3, -0.25) is 20.9 Å². The topological polar surface area (TPSA) is 78.0 Å². The second-order valence-electron chi connectivity index (χ2n) is 4.92. The van der Waals surface area contributed by atoms with Crippen molar-refractivity contribution in [2.45, 2.75) is 32.4 Å². The molecule has 0 spiro atoms. The highest BCUT2D eigenvalue weighted by molar-refractivity contribution is 5.33. The van der Waals surface area contributed by atoms with Gasteiger partial charge < -0.3 is 4.74 Å². The zero-order chi connectivity index (χ0) is 14.5. The summed E-state index contributed by atoms with van der Waals surface area (Å²) < 4.78 is 7.26. The maximum Gasteiger partial charge on any atom is 0.141 e. The zero-order valence-corrected chi connectivity index (χ0v) is 12.1. The van der Waals surface area contributed by atoms with Crippen LogP contribution in [0.5, 0.6) is 5.75 Å². The number of nitrogens with two attached hydrogens (primary N) is 1. The van der Waals surface area contributed by atoms with Crippen LogP contribution in [0.2, 0.25) is 0 Å². The van der Waals surface area contributed by atoms with Gasteiger partial charge in [0.05, 0.1) is 25.0 Å². The number of methoxy groups -OCH3 is 1. The standard InChI is InChI=1S/C14H21N5O/c1-10(2)19-7-5-11(18-19)8-13(17-15)12-4-6-16-9-14(12)20-3/h4-7,9-10,13,17H,8,15H2,1-3H3. The molecule has 2 aromatic heterocycles. The number of hydrogen-bond acceptors (Lipinski definition) is 5. The molecule has 6 nitrogen and oxygen atoms in total. The third-order valence-electron chi connectivity index (χ3n) is 3.22. The molecule has 3 N–H and O–H groups in total. The van der Waals surface area contributed by atoms with Crippen molar-refractivity contribution in [1.82, 2.24) is 20.2 Å². The fourth-order valence-corrected chi connectivity index (χ4v) is 2.09. The molecule has 1 atom stereocenters. The first-order chi connectivity index (χ1) is 9.65. The van der Waals surface area contributed by atoms with Crippen molar-refractivity contribution in [2.75, 3.05) is 7.11 Å². The van der Waals surface area contributed by atoms with E-state index in [9.17, 15) is 0 Å². The summed E-state index contributed by atoms with van der Waals surface area (Å²) in [6.45, 7) is 4.20. The Hall–Kier alpha value is -1.92. The smallest absolute Gasteiger partial charge is 0.141 e. The summed E-state index contributed by atoms with van der Waals surface area (Å²) in [6.07, 6.45) is 6.09. The Morgan fingerprint density at radius 3 is 2.80 bits per heavy atom. The normalized spacial score (nSPS) is 12.7. The molecule has 6 heteroatoms. The average Bonchev–Trinajstić information content (AvgIpc) is 2.93. The summed E-state index contributed by atoms with van der Waals surface area (Å²) in [7, 11) is 1.63. The van der Waals surface area contributed by atoms with E-state index in [1.807, 2.05) is 23.0 Å². The number of aromatic nitrogens is 3. The molecule has 2 aromatic rings. The first-order valence-corrected chi connectivity index (χ1v) is 6.63. The number of hydrazine groups is 1. The summed E-state index contributed by atoms with van der Waals surface area (Å²) >= 11 is 0. The van der Waals surface area contributed by atoms with Crippen LogP contribution in [-0.2, 0) is 6.42 Å². The predicted octanol–water partition coefficient (Wildman–Crippen LogP) is 1.61. The highest BCUT2D eigenvalue weighted by Crippen LogP contribution is 2.25. The minimum absolute atomic E-state index is 0.0662. The fraction of sp³-hybridized carbons (Fsp3) is 0.429. The van der Waals surface area contributed by atoms with Gasteiger partial charge in [-0.15, -0.1) is 0 Å². The van der Waals surface area contributed by atoms with E-state index >= 15 is 0 Å². The van der Waals surface area contributed by atoms with Crippen molar-refractivity contribution in [1.29, 1.82) is 0 Å². The highest BCUT2D eigenvalue weighted by atomic mass is 16.5. The van der Waals surface area contributed by atoms with Crippen molar-refractivity contribution >= 4 is 0 Å². The fourth-order valence-electron chi connectivity index (χ4n) is 2.09. The molecule has 0 radical (unpaired) electrons. The molecule has 0 aliphatic heterocycles. The molecule has 0 saturated heterocycles. The van der Waals surface area contributed by atoms with E-state index in [2.05, 4.69) is 29.4 Å². The summed E-state index contributed by atoms with van der Waals surface area (Å²) in [5, 5.41) is 4.54. The Balaban J connectivity index is 2.19. The molecule has 0 aliphatic rings. The molecule has 0 bridgehead atoms. The van der Waals surface area contributed by atoms with Crippen LogP contribution < -0.4 is 16.0 Å². The number of ether oxygens (including phenoxy) is 1. The Labute approximate surface area is 118 Å². The van der Waals surface area contributed by atoms with Crippen molar-refractivity contribution in [3.8, 4) is 5.75 Å². The Kier molecular flexibility index (Phi) is 4.70. The lowest BCUT2D eigenvalue weighted by molar-refractivity contribution is 0.396. The van der Waals surface area contributed by atoms with E-state index in [0.717, 1.165) is 17.0 Å². The van der Waals surface area contributed by atoms with E-state index in [0.29, 0.717) is 12.5 Å². The van der Waals surface area contributed by atoms with Gasteiger partial charge in [-0.2, -0.15) is 5.10 Å². The maximum atomic E-state index is 5.68. The van der Waals surface area contributed by atoms with Gasteiger partial charge in [-0.1, -0.05) is 0 Å². The van der Waals surface area contributed by atoms with Crippen LogP contribution in [0.4, 0.5) is 0 Å². The number of nitrogens with zero attached hydrogens (tertiary/aromatic N) is 3. The molecule has 20 heavy (non-hydrogen) atoms. The van der Waals surface area contributed by atoms with Gasteiger partial charge in [0.25, 0.3) is 0 Å². The lowest BCUT2D eigenvalue weighted by atomic mass is 10.0. The minimum Gasteiger partial charge on any atom is -0.495 e. The second kappa shape index (κ2) is 6.49. The van der Waals surface area contributed by atoms with E-state index < -0.39 is 0 Å². The van der Waals surface area contributed by atoms with Crippen LogP contribution >= 0.6 is 0 Å². The van der Waals surface area contributed by atoms with E-state index in [-0.39, 0.29) is 6.04 Å². The summed E-state index contributed by atoms with van der Waals surface area (Å²) in [5.74, 6) is 6.40. The van der Waals surface area contributed by atoms with Gasteiger partial charge in [0.2, 0.25) is 0 Å². The highest BCUT2D eigenvalue weighted by Gasteiger charge is 2.17. The monoisotopic (exact) mass is 275 g/mol. The Morgan fingerprint density at radius 1 is 1.40 bits per heavy atom. The molecule has 2 heterocycles. The van der Waals surface area contributed by atoms with Crippen LogP contribution in [0, 0.1) is 0 Å². The molecular formula is C14H21N5O. The van der Waals surface area contributed by atoms with Gasteiger partial charge in [-0.25, -0.2) is 0 Å². The summed E-state index contributed by atoms with van der Waals surface area (Å²) in [5.41, 5.74) is 4.79. The lowest BCUT2D eigenvalue weighted by Crippen LogP contribution is -2.30. The minimum atomic E-state index is -0.0662. The van der Waals surface area contributed by atoms with Crippen LogP contribution in [0.15, 0.2) is 30.7 Å². The summed E-state index contributed by atoms with van der Waals surface area (Å²) in [4.78, 5) is 4.05. The molecule has 108 valence electrons.